The molecule has 0 spiro atoms. The molecule has 120 valence electrons. The number of aliphatic imine (C=N–C) groups is 1. The van der Waals surface area contributed by atoms with Gasteiger partial charge < -0.3 is 11.1 Å². The first kappa shape index (κ1) is 16.0. The lowest BCUT2D eigenvalue weighted by Gasteiger charge is -2.04. The Bertz CT molecular complexity index is 729. The molecule has 0 aliphatic carbocycles. The number of hydrogen-bond acceptors (Lipinski definition) is 4. The number of rotatable bonds is 7. The molecule has 1 aromatic carbocycles. The van der Waals surface area contributed by atoms with Crippen LogP contribution in [0.25, 0.3) is 10.2 Å². The van der Waals surface area contributed by atoms with Crippen molar-refractivity contribution in [3.63, 3.8) is 0 Å². The van der Waals surface area contributed by atoms with Crippen molar-refractivity contribution in [2.24, 2.45) is 10.7 Å². The van der Waals surface area contributed by atoms with Crippen LogP contribution in [-0.4, -0.2) is 24.0 Å². The third-order valence-corrected chi connectivity index (χ3v) is 5.46. The number of guanidine groups is 1. The Morgan fingerprint density at radius 1 is 1.17 bits per heavy atom. The quantitative estimate of drug-likeness (QED) is 0.392. The second-order valence-corrected chi connectivity index (χ2v) is 7.35. The molecule has 0 saturated heterocycles. The molecule has 0 radical (unpaired) electrons. The summed E-state index contributed by atoms with van der Waals surface area (Å²) in [5.74, 6) is 0.533. The van der Waals surface area contributed by atoms with Crippen LogP contribution in [0, 0.1) is 0 Å². The zero-order chi connectivity index (χ0) is 15.9. The van der Waals surface area contributed by atoms with Gasteiger partial charge in [0, 0.05) is 24.4 Å². The highest BCUT2D eigenvalue weighted by Gasteiger charge is 2.02. The largest absolute Gasteiger partial charge is 0.370 e. The van der Waals surface area contributed by atoms with Crippen molar-refractivity contribution in [3.05, 3.63) is 51.7 Å². The van der Waals surface area contributed by atoms with Crippen molar-refractivity contribution in [1.29, 1.82) is 0 Å². The first-order chi connectivity index (χ1) is 11.3. The Hall–Kier alpha value is -1.92. The maximum absolute atomic E-state index is 5.88. The lowest BCUT2D eigenvalue weighted by Crippen LogP contribution is -2.33. The number of nitrogens with two attached hydrogens (primary N) is 1. The highest BCUT2D eigenvalue weighted by atomic mass is 32.1. The van der Waals surface area contributed by atoms with Gasteiger partial charge in [0.25, 0.3) is 0 Å². The summed E-state index contributed by atoms with van der Waals surface area (Å²) >= 11 is 3.53. The Balaban J connectivity index is 1.37. The summed E-state index contributed by atoms with van der Waals surface area (Å²) in [4.78, 5) is 10.4. The molecule has 2 heterocycles. The van der Waals surface area contributed by atoms with Crippen molar-refractivity contribution >= 4 is 38.8 Å². The van der Waals surface area contributed by atoms with Crippen molar-refractivity contribution in [1.82, 2.24) is 10.3 Å². The fourth-order valence-corrected chi connectivity index (χ4v) is 4.00. The number of fused-ring (bicyclic) bond motifs is 1. The minimum Gasteiger partial charge on any atom is -0.370 e. The molecule has 6 heteroatoms. The number of thiazole rings is 1. The van der Waals surface area contributed by atoms with Crippen LogP contribution in [0.15, 0.2) is 46.8 Å². The van der Waals surface area contributed by atoms with Gasteiger partial charge in [-0.2, -0.15) is 0 Å². The molecule has 3 N–H and O–H groups in total. The minimum atomic E-state index is 0.533. The molecule has 0 fully saturated rings. The molecule has 0 bridgehead atoms. The lowest BCUT2D eigenvalue weighted by molar-refractivity contribution is 0.807. The zero-order valence-corrected chi connectivity index (χ0v) is 14.5. The SMILES string of the molecule is NC(=NCCCc1nc2ccccc2s1)NCCc1cccs1. The van der Waals surface area contributed by atoms with Crippen LogP contribution in [0.2, 0.25) is 0 Å². The van der Waals surface area contributed by atoms with E-state index in [1.54, 1.807) is 22.7 Å². The average Bonchev–Trinajstić information content (AvgIpc) is 3.20. The molecule has 0 amide bonds. The summed E-state index contributed by atoms with van der Waals surface area (Å²) in [6.45, 7) is 1.56. The van der Waals surface area contributed by atoms with Crippen molar-refractivity contribution in [2.75, 3.05) is 13.1 Å². The van der Waals surface area contributed by atoms with Crippen LogP contribution in [0.1, 0.15) is 16.3 Å². The predicted molar refractivity (Wildman–Crippen MR) is 100 cm³/mol. The third kappa shape index (κ3) is 4.77. The molecule has 4 nitrogen and oxygen atoms in total. The van der Waals surface area contributed by atoms with Crippen LogP contribution in [0.3, 0.4) is 0 Å². The molecule has 3 rings (SSSR count). The number of benzene rings is 1. The van der Waals surface area contributed by atoms with Crippen molar-refractivity contribution < 1.29 is 0 Å². The summed E-state index contributed by atoms with van der Waals surface area (Å²) < 4.78 is 1.25. The second-order valence-electron chi connectivity index (χ2n) is 5.20. The summed E-state index contributed by atoms with van der Waals surface area (Å²) in [6.07, 6.45) is 2.90. The first-order valence-electron chi connectivity index (χ1n) is 7.72. The number of aromatic nitrogens is 1. The van der Waals surface area contributed by atoms with Crippen LogP contribution in [-0.2, 0) is 12.8 Å². The summed E-state index contributed by atoms with van der Waals surface area (Å²) in [5.41, 5.74) is 6.97. The molecular formula is C17H20N4S2. The highest BCUT2D eigenvalue weighted by Crippen LogP contribution is 2.22. The van der Waals surface area contributed by atoms with E-state index in [1.807, 2.05) is 6.07 Å². The molecule has 0 aliphatic heterocycles. The predicted octanol–water partition coefficient (Wildman–Crippen LogP) is 3.44. The van der Waals surface area contributed by atoms with Crippen molar-refractivity contribution in [2.45, 2.75) is 19.3 Å². The maximum Gasteiger partial charge on any atom is 0.188 e. The van der Waals surface area contributed by atoms with E-state index in [9.17, 15) is 0 Å². The van der Waals surface area contributed by atoms with Gasteiger partial charge in [0.05, 0.1) is 15.2 Å². The number of aryl methyl sites for hydroxylation is 1. The molecule has 0 unspecified atom stereocenters. The molecule has 0 saturated carbocycles. The topological polar surface area (TPSA) is 63.3 Å². The normalized spacial score (nSPS) is 11.9. The van der Waals surface area contributed by atoms with E-state index in [0.717, 1.165) is 37.9 Å². The lowest BCUT2D eigenvalue weighted by atomic mass is 10.3. The van der Waals surface area contributed by atoms with Crippen molar-refractivity contribution in [3.8, 4) is 0 Å². The summed E-state index contributed by atoms with van der Waals surface area (Å²) in [5, 5.41) is 6.43. The van der Waals surface area contributed by atoms with Crippen LogP contribution in [0.4, 0.5) is 0 Å². The Labute approximate surface area is 144 Å². The van der Waals surface area contributed by atoms with E-state index in [4.69, 9.17) is 5.73 Å². The summed E-state index contributed by atoms with van der Waals surface area (Å²) in [6, 6.07) is 12.5. The van der Waals surface area contributed by atoms with Gasteiger partial charge in [0.15, 0.2) is 5.96 Å². The minimum absolute atomic E-state index is 0.533. The maximum atomic E-state index is 5.88. The van der Waals surface area contributed by atoms with Gasteiger partial charge in [-0.1, -0.05) is 18.2 Å². The average molecular weight is 345 g/mol. The zero-order valence-electron chi connectivity index (χ0n) is 12.9. The van der Waals surface area contributed by atoms with E-state index in [1.165, 1.54) is 14.6 Å². The van der Waals surface area contributed by atoms with Gasteiger partial charge in [-0.25, -0.2) is 4.98 Å². The van der Waals surface area contributed by atoms with Gasteiger partial charge in [0.1, 0.15) is 0 Å². The Kier molecular flexibility index (Phi) is 5.60. The molecule has 2 aromatic heterocycles. The monoisotopic (exact) mass is 344 g/mol. The molecular weight excluding hydrogens is 324 g/mol. The smallest absolute Gasteiger partial charge is 0.188 e. The van der Waals surface area contributed by atoms with Crippen LogP contribution >= 0.6 is 22.7 Å². The number of nitrogens with zero attached hydrogens (tertiary/aromatic N) is 2. The van der Waals surface area contributed by atoms with E-state index < -0.39 is 0 Å². The summed E-state index contributed by atoms with van der Waals surface area (Å²) in [7, 11) is 0. The first-order valence-corrected chi connectivity index (χ1v) is 9.41. The standard InChI is InChI=1S/C17H20N4S2/c18-17(20-11-9-13-5-4-12-22-13)19-10-3-8-16-21-14-6-1-2-7-15(14)23-16/h1-2,4-7,12H,3,8-11H2,(H3,18,19,20). The highest BCUT2D eigenvalue weighted by molar-refractivity contribution is 7.18. The van der Waals surface area contributed by atoms with Gasteiger partial charge in [0.2, 0.25) is 0 Å². The number of hydrogen-bond donors (Lipinski definition) is 2. The van der Waals surface area contributed by atoms with E-state index in [0.29, 0.717) is 5.96 Å². The van der Waals surface area contributed by atoms with E-state index in [2.05, 4.69) is 51.0 Å². The third-order valence-electron chi connectivity index (χ3n) is 3.43. The fraction of sp³-hybridized carbons (Fsp3) is 0.294. The Morgan fingerprint density at radius 3 is 2.91 bits per heavy atom. The molecule has 3 aromatic rings. The van der Waals surface area contributed by atoms with E-state index >= 15 is 0 Å². The van der Waals surface area contributed by atoms with Gasteiger partial charge >= 0.3 is 0 Å². The number of nitrogens with one attached hydrogen (secondary N) is 1. The number of thiophene rings is 1. The number of para-hydroxylation sites is 1. The molecule has 0 atom stereocenters. The van der Waals surface area contributed by atoms with Crippen LogP contribution < -0.4 is 11.1 Å². The fourth-order valence-electron chi connectivity index (χ4n) is 2.28. The van der Waals surface area contributed by atoms with Gasteiger partial charge in [-0.05, 0) is 36.4 Å². The van der Waals surface area contributed by atoms with Crippen LogP contribution in [0.5, 0.6) is 0 Å². The second kappa shape index (κ2) is 8.08. The molecule has 23 heavy (non-hydrogen) atoms. The van der Waals surface area contributed by atoms with E-state index in [-0.39, 0.29) is 0 Å². The molecule has 0 aliphatic rings. The van der Waals surface area contributed by atoms with Gasteiger partial charge in [-0.3, -0.25) is 4.99 Å². The Morgan fingerprint density at radius 2 is 2.09 bits per heavy atom. The van der Waals surface area contributed by atoms with Gasteiger partial charge in [-0.15, -0.1) is 22.7 Å².